The average molecular weight is 553 g/mol. The average Bonchev–Trinajstić information content (AvgIpc) is 2.86. The van der Waals surface area contributed by atoms with Crippen LogP contribution in [0.5, 0.6) is 0 Å². The Kier molecular flexibility index (Phi) is 12.2. The molecule has 0 bridgehead atoms. The highest BCUT2D eigenvalue weighted by molar-refractivity contribution is 5.72. The van der Waals surface area contributed by atoms with Crippen molar-refractivity contribution in [2.24, 2.45) is 11.8 Å². The van der Waals surface area contributed by atoms with E-state index in [1.807, 2.05) is 71.9 Å². The Labute approximate surface area is 245 Å². The summed E-state index contributed by atoms with van der Waals surface area (Å²) in [5.74, 6) is -0.496. The minimum absolute atomic E-state index is 0.0497. The number of hydrogen-bond donors (Lipinski definition) is 0. The van der Waals surface area contributed by atoms with Crippen molar-refractivity contribution < 1.29 is 19.1 Å². The van der Waals surface area contributed by atoms with Crippen molar-refractivity contribution in [2.45, 2.75) is 132 Å². The van der Waals surface area contributed by atoms with Crippen molar-refractivity contribution in [1.82, 2.24) is 0 Å². The lowest BCUT2D eigenvalue weighted by Crippen LogP contribution is -2.32. The number of carbonyl (C=O) groups is 2. The molecular weight excluding hydrogens is 496 g/mol. The fraction of sp³-hybridized carbons (Fsp3) is 0.611. The standard InChI is InChI=1S/C21H34O2.C15H22O2/c1-14(2)18(22)23-21(9,10)17-12-15(19(3,4)5)11-16(13-17)20(6,7)8;1-5-15(6-2,17-14(16)12(3)4)13-10-8-7-9-11-13/h11-14H,1-10H3;7-12H,5-6H2,1-4H3. The third kappa shape index (κ3) is 9.78. The molecule has 0 aromatic heterocycles. The monoisotopic (exact) mass is 552 g/mol. The van der Waals surface area contributed by atoms with Crippen LogP contribution in [0.25, 0.3) is 0 Å². The Morgan fingerprint density at radius 1 is 0.600 bits per heavy atom. The summed E-state index contributed by atoms with van der Waals surface area (Å²) in [7, 11) is 0. The van der Waals surface area contributed by atoms with E-state index in [0.29, 0.717) is 0 Å². The Hall–Kier alpha value is -2.62. The van der Waals surface area contributed by atoms with Gasteiger partial charge in [0.05, 0.1) is 11.8 Å². The van der Waals surface area contributed by atoms with Crippen LogP contribution in [0, 0.1) is 11.8 Å². The fourth-order valence-corrected chi connectivity index (χ4v) is 4.18. The van der Waals surface area contributed by atoms with Gasteiger partial charge in [0.1, 0.15) is 11.2 Å². The summed E-state index contributed by atoms with van der Waals surface area (Å²) in [6.45, 7) is 28.8. The summed E-state index contributed by atoms with van der Waals surface area (Å²) in [6, 6.07) is 16.7. The summed E-state index contributed by atoms with van der Waals surface area (Å²) in [5, 5.41) is 0. The molecule has 0 aliphatic rings. The Morgan fingerprint density at radius 2 is 0.975 bits per heavy atom. The van der Waals surface area contributed by atoms with E-state index in [1.54, 1.807) is 0 Å². The van der Waals surface area contributed by atoms with Crippen molar-refractivity contribution in [1.29, 1.82) is 0 Å². The molecule has 4 nitrogen and oxygen atoms in total. The second-order valence-electron chi connectivity index (χ2n) is 14.0. The van der Waals surface area contributed by atoms with Gasteiger partial charge in [-0.3, -0.25) is 9.59 Å². The van der Waals surface area contributed by atoms with Gasteiger partial charge in [-0.1, -0.05) is 132 Å². The first-order valence-corrected chi connectivity index (χ1v) is 14.9. The quantitative estimate of drug-likeness (QED) is 0.306. The zero-order chi connectivity index (χ0) is 31.1. The normalized spacial score (nSPS) is 12.6. The van der Waals surface area contributed by atoms with Crippen LogP contribution in [0.3, 0.4) is 0 Å². The van der Waals surface area contributed by atoms with Crippen molar-refractivity contribution in [3.63, 3.8) is 0 Å². The van der Waals surface area contributed by atoms with Gasteiger partial charge >= 0.3 is 11.9 Å². The lowest BCUT2D eigenvalue weighted by Gasteiger charge is -2.32. The lowest BCUT2D eigenvalue weighted by atomic mass is 9.78. The topological polar surface area (TPSA) is 52.6 Å². The van der Waals surface area contributed by atoms with Gasteiger partial charge in [-0.25, -0.2) is 0 Å². The van der Waals surface area contributed by atoms with E-state index in [-0.39, 0.29) is 34.6 Å². The first-order chi connectivity index (χ1) is 18.2. The molecule has 0 aliphatic heterocycles. The Balaban J connectivity index is 0.000000418. The van der Waals surface area contributed by atoms with Gasteiger partial charge in [-0.15, -0.1) is 0 Å². The number of esters is 2. The van der Waals surface area contributed by atoms with Gasteiger partial charge in [-0.05, 0) is 59.8 Å². The van der Waals surface area contributed by atoms with Gasteiger partial charge in [0, 0.05) is 0 Å². The first-order valence-electron chi connectivity index (χ1n) is 14.9. The number of benzene rings is 2. The number of rotatable bonds is 8. The highest BCUT2D eigenvalue weighted by Crippen LogP contribution is 2.36. The summed E-state index contributed by atoms with van der Waals surface area (Å²) in [6.07, 6.45) is 1.60. The summed E-state index contributed by atoms with van der Waals surface area (Å²) >= 11 is 0. The molecular formula is C36H56O4. The highest BCUT2D eigenvalue weighted by atomic mass is 16.6. The van der Waals surface area contributed by atoms with Crippen LogP contribution < -0.4 is 0 Å². The molecule has 0 atom stereocenters. The first kappa shape index (κ1) is 35.4. The molecule has 0 saturated heterocycles. The van der Waals surface area contributed by atoms with E-state index in [2.05, 4.69) is 73.6 Å². The molecule has 0 spiro atoms. The third-order valence-electron chi connectivity index (χ3n) is 7.40. The molecule has 0 N–H and O–H groups in total. The Morgan fingerprint density at radius 3 is 1.32 bits per heavy atom. The molecule has 0 fully saturated rings. The van der Waals surface area contributed by atoms with Crippen LogP contribution in [0.15, 0.2) is 48.5 Å². The minimum Gasteiger partial charge on any atom is -0.455 e. The predicted molar refractivity (Wildman–Crippen MR) is 167 cm³/mol. The van der Waals surface area contributed by atoms with Gasteiger partial charge in [0.2, 0.25) is 0 Å². The molecule has 224 valence electrons. The predicted octanol–water partition coefficient (Wildman–Crippen LogP) is 9.62. The van der Waals surface area contributed by atoms with E-state index in [4.69, 9.17) is 9.47 Å². The minimum atomic E-state index is -0.636. The molecule has 2 aromatic rings. The molecule has 0 aliphatic carbocycles. The van der Waals surface area contributed by atoms with Gasteiger partial charge in [-0.2, -0.15) is 0 Å². The summed E-state index contributed by atoms with van der Waals surface area (Å²) in [4.78, 5) is 23.9. The van der Waals surface area contributed by atoms with E-state index in [9.17, 15) is 9.59 Å². The van der Waals surface area contributed by atoms with Crippen molar-refractivity contribution >= 4 is 11.9 Å². The molecule has 0 radical (unpaired) electrons. The maximum Gasteiger partial charge on any atom is 0.309 e. The molecule has 4 heteroatoms. The van der Waals surface area contributed by atoms with Crippen LogP contribution in [0.4, 0.5) is 0 Å². The molecule has 0 unspecified atom stereocenters. The van der Waals surface area contributed by atoms with Crippen molar-refractivity contribution in [3.8, 4) is 0 Å². The van der Waals surface area contributed by atoms with Gasteiger partial charge < -0.3 is 9.47 Å². The van der Waals surface area contributed by atoms with Crippen LogP contribution in [-0.2, 0) is 41.1 Å². The Bertz CT molecular complexity index is 1060. The van der Waals surface area contributed by atoms with E-state index in [0.717, 1.165) is 24.0 Å². The molecule has 0 amide bonds. The molecule has 0 saturated carbocycles. The number of hydrogen-bond acceptors (Lipinski definition) is 4. The summed E-state index contributed by atoms with van der Waals surface area (Å²) in [5.41, 5.74) is 3.68. The molecule has 40 heavy (non-hydrogen) atoms. The second kappa shape index (κ2) is 13.8. The zero-order valence-electron chi connectivity index (χ0n) is 27.8. The van der Waals surface area contributed by atoms with Gasteiger partial charge in [0.25, 0.3) is 0 Å². The van der Waals surface area contributed by atoms with Crippen LogP contribution >= 0.6 is 0 Å². The van der Waals surface area contributed by atoms with Crippen molar-refractivity contribution in [2.75, 3.05) is 0 Å². The van der Waals surface area contributed by atoms with Crippen LogP contribution in [0.1, 0.15) is 132 Å². The zero-order valence-corrected chi connectivity index (χ0v) is 27.8. The van der Waals surface area contributed by atoms with Crippen molar-refractivity contribution in [3.05, 3.63) is 70.8 Å². The van der Waals surface area contributed by atoms with E-state index in [1.165, 1.54) is 11.1 Å². The van der Waals surface area contributed by atoms with Gasteiger partial charge in [0.15, 0.2) is 0 Å². The number of carbonyl (C=O) groups excluding carboxylic acids is 2. The largest absolute Gasteiger partial charge is 0.455 e. The van der Waals surface area contributed by atoms with E-state index < -0.39 is 11.2 Å². The maximum absolute atomic E-state index is 12.1. The molecule has 0 heterocycles. The SMILES string of the molecule is CC(C)C(=O)OC(C)(C)c1cc(C(C)(C)C)cc(C(C)(C)C)c1.CCC(CC)(OC(=O)C(C)C)c1ccccc1. The summed E-state index contributed by atoms with van der Waals surface area (Å²) < 4.78 is 11.5. The fourth-order valence-electron chi connectivity index (χ4n) is 4.18. The molecule has 2 rings (SSSR count). The van der Waals surface area contributed by atoms with Crippen LogP contribution in [-0.4, -0.2) is 11.9 Å². The maximum atomic E-state index is 12.1. The highest BCUT2D eigenvalue weighted by Gasteiger charge is 2.33. The molecule has 2 aromatic carbocycles. The van der Waals surface area contributed by atoms with E-state index >= 15 is 0 Å². The smallest absolute Gasteiger partial charge is 0.309 e. The van der Waals surface area contributed by atoms with Crippen LogP contribution in [0.2, 0.25) is 0 Å². The second-order valence-corrected chi connectivity index (χ2v) is 14.0. The third-order valence-corrected chi connectivity index (χ3v) is 7.40. The lowest BCUT2D eigenvalue weighted by molar-refractivity contribution is -0.166. The number of ether oxygens (including phenoxy) is 2.